The lowest BCUT2D eigenvalue weighted by atomic mass is 9.77. The van der Waals surface area contributed by atoms with Crippen LogP contribution in [0.3, 0.4) is 0 Å². The van der Waals surface area contributed by atoms with E-state index in [1.165, 1.54) is 16.8 Å². The molecule has 0 unspecified atom stereocenters. The van der Waals surface area contributed by atoms with Crippen molar-refractivity contribution < 1.29 is 0 Å². The van der Waals surface area contributed by atoms with Crippen molar-refractivity contribution in [2.45, 2.75) is 38.1 Å². The van der Waals surface area contributed by atoms with Crippen molar-refractivity contribution in [1.29, 1.82) is 0 Å². The average Bonchev–Trinajstić information content (AvgIpc) is 3.14. The fraction of sp³-hybridized carbons (Fsp3) is 0.450. The third kappa shape index (κ3) is 2.39. The van der Waals surface area contributed by atoms with Crippen LogP contribution in [0.5, 0.6) is 0 Å². The molecule has 0 aliphatic carbocycles. The van der Waals surface area contributed by atoms with E-state index in [2.05, 4.69) is 43.9 Å². The highest BCUT2D eigenvalue weighted by Gasteiger charge is 2.40. The van der Waals surface area contributed by atoms with E-state index in [0.717, 1.165) is 37.3 Å². The van der Waals surface area contributed by atoms with Gasteiger partial charge in [0.15, 0.2) is 0 Å². The van der Waals surface area contributed by atoms with Gasteiger partial charge in [-0.2, -0.15) is 0 Å². The molecule has 1 saturated heterocycles. The Kier molecular flexibility index (Phi) is 3.81. The minimum atomic E-state index is 0.159. The summed E-state index contributed by atoms with van der Waals surface area (Å²) in [5, 5.41) is 2.09. The molecule has 3 aromatic heterocycles. The van der Waals surface area contributed by atoms with Gasteiger partial charge < -0.3 is 9.47 Å². The second-order valence-corrected chi connectivity index (χ2v) is 8.36. The summed E-state index contributed by atoms with van der Waals surface area (Å²) in [6, 6.07) is 8.13. The van der Waals surface area contributed by atoms with Gasteiger partial charge in [-0.05, 0) is 36.3 Å². The summed E-state index contributed by atoms with van der Waals surface area (Å²) < 4.78 is 3.27. The van der Waals surface area contributed by atoms with Crippen LogP contribution in [0.4, 0.5) is 5.82 Å². The standard InChI is InChI=1S/C20H22N4OS/c1-2-4-16-13-9-14(17-5-3-6-18(25)24(16)17)11-23(10-13)20-19-15(7-8-26-19)21-12-22-20/h3,5-8,12-14,16H,2,4,9-11H2,1H3/t13-,14+,16-/m0/s1. The van der Waals surface area contributed by atoms with Gasteiger partial charge >= 0.3 is 0 Å². The average molecular weight is 366 g/mol. The molecule has 134 valence electrons. The molecule has 0 amide bonds. The van der Waals surface area contributed by atoms with Gasteiger partial charge in [0, 0.05) is 36.8 Å². The largest absolute Gasteiger partial charge is 0.354 e. The molecule has 6 heteroatoms. The Morgan fingerprint density at radius 1 is 1.23 bits per heavy atom. The zero-order valence-electron chi connectivity index (χ0n) is 14.8. The van der Waals surface area contributed by atoms with Crippen molar-refractivity contribution in [3.8, 4) is 0 Å². The molecule has 2 bridgehead atoms. The molecule has 5 nitrogen and oxygen atoms in total. The first-order valence-electron chi connectivity index (χ1n) is 9.41. The van der Waals surface area contributed by atoms with Crippen LogP contribution in [0, 0.1) is 5.92 Å². The van der Waals surface area contributed by atoms with Crippen LogP contribution in [0.1, 0.15) is 43.8 Å². The Hall–Kier alpha value is -2.21. The van der Waals surface area contributed by atoms with Gasteiger partial charge in [-0.3, -0.25) is 4.79 Å². The van der Waals surface area contributed by atoms with Gasteiger partial charge in [0.25, 0.3) is 5.56 Å². The molecule has 5 heterocycles. The van der Waals surface area contributed by atoms with Crippen molar-refractivity contribution in [3.05, 3.63) is 52.0 Å². The van der Waals surface area contributed by atoms with E-state index < -0.39 is 0 Å². The number of anilines is 1. The van der Waals surface area contributed by atoms with Gasteiger partial charge in [0.2, 0.25) is 0 Å². The maximum absolute atomic E-state index is 12.6. The summed E-state index contributed by atoms with van der Waals surface area (Å²) in [7, 11) is 0. The van der Waals surface area contributed by atoms with Gasteiger partial charge in [-0.1, -0.05) is 19.4 Å². The van der Waals surface area contributed by atoms with E-state index in [4.69, 9.17) is 0 Å². The zero-order chi connectivity index (χ0) is 17.7. The number of thiophene rings is 1. The minimum absolute atomic E-state index is 0.159. The van der Waals surface area contributed by atoms with Gasteiger partial charge in [0.1, 0.15) is 12.1 Å². The van der Waals surface area contributed by atoms with E-state index in [-0.39, 0.29) is 5.56 Å². The van der Waals surface area contributed by atoms with Crippen molar-refractivity contribution in [3.63, 3.8) is 0 Å². The Labute approximate surface area is 156 Å². The second kappa shape index (κ2) is 6.20. The maximum atomic E-state index is 12.6. The van der Waals surface area contributed by atoms with Crippen molar-refractivity contribution in [1.82, 2.24) is 14.5 Å². The smallest absolute Gasteiger partial charge is 0.250 e. The van der Waals surface area contributed by atoms with E-state index in [9.17, 15) is 4.79 Å². The number of fused-ring (bicyclic) bond motifs is 5. The molecule has 2 aliphatic heterocycles. The molecule has 5 rings (SSSR count). The molecule has 0 radical (unpaired) electrons. The fourth-order valence-electron chi connectivity index (χ4n) is 4.88. The second-order valence-electron chi connectivity index (χ2n) is 7.44. The van der Waals surface area contributed by atoms with Crippen LogP contribution in [0.25, 0.3) is 10.2 Å². The first-order chi connectivity index (χ1) is 12.8. The topological polar surface area (TPSA) is 51.0 Å². The molecule has 0 saturated carbocycles. The van der Waals surface area contributed by atoms with Gasteiger partial charge in [-0.15, -0.1) is 11.3 Å². The summed E-state index contributed by atoms with van der Waals surface area (Å²) in [6.07, 6.45) is 5.00. The lowest BCUT2D eigenvalue weighted by Gasteiger charge is -2.47. The van der Waals surface area contributed by atoms with Crippen molar-refractivity contribution in [2.75, 3.05) is 18.0 Å². The quantitative estimate of drug-likeness (QED) is 0.707. The molecule has 26 heavy (non-hydrogen) atoms. The number of hydrogen-bond donors (Lipinski definition) is 0. The first-order valence-corrected chi connectivity index (χ1v) is 10.3. The molecule has 3 atom stereocenters. The minimum Gasteiger partial charge on any atom is -0.354 e. The Morgan fingerprint density at radius 2 is 2.15 bits per heavy atom. The summed E-state index contributed by atoms with van der Waals surface area (Å²) >= 11 is 1.71. The van der Waals surface area contributed by atoms with Gasteiger partial charge in [0.05, 0.1) is 10.2 Å². The molecule has 0 spiro atoms. The van der Waals surface area contributed by atoms with Crippen molar-refractivity contribution >= 4 is 27.4 Å². The molecule has 2 aliphatic rings. The highest BCUT2D eigenvalue weighted by molar-refractivity contribution is 7.17. The first kappa shape index (κ1) is 16.0. The third-order valence-corrected chi connectivity index (χ3v) is 6.81. The molecule has 1 fully saturated rings. The Morgan fingerprint density at radius 3 is 3.04 bits per heavy atom. The highest BCUT2D eigenvalue weighted by Crippen LogP contribution is 2.44. The maximum Gasteiger partial charge on any atom is 0.250 e. The lowest BCUT2D eigenvalue weighted by Crippen LogP contribution is -2.49. The van der Waals surface area contributed by atoms with Crippen molar-refractivity contribution in [2.24, 2.45) is 5.92 Å². The molecular formula is C20H22N4OS. The predicted octanol–water partition coefficient (Wildman–Crippen LogP) is 3.82. The fourth-order valence-corrected chi connectivity index (χ4v) is 5.74. The monoisotopic (exact) mass is 366 g/mol. The molecular weight excluding hydrogens is 344 g/mol. The van der Waals surface area contributed by atoms with Crippen LogP contribution < -0.4 is 10.5 Å². The number of hydrogen-bond acceptors (Lipinski definition) is 5. The zero-order valence-corrected chi connectivity index (χ0v) is 15.7. The van der Waals surface area contributed by atoms with E-state index in [1.54, 1.807) is 23.7 Å². The Balaban J connectivity index is 1.59. The summed E-state index contributed by atoms with van der Waals surface area (Å²) in [6.45, 7) is 4.09. The van der Waals surface area contributed by atoms with Crippen LogP contribution >= 0.6 is 11.3 Å². The SMILES string of the molecule is CCC[C@H]1[C@H]2C[C@H](CN(c3ncnc4ccsc34)C2)c2cccc(=O)n21. The van der Waals surface area contributed by atoms with Crippen LogP contribution in [-0.2, 0) is 0 Å². The number of piperidine rings is 1. The highest BCUT2D eigenvalue weighted by atomic mass is 32.1. The van der Waals surface area contributed by atoms with Crippen LogP contribution in [-0.4, -0.2) is 27.6 Å². The summed E-state index contributed by atoms with van der Waals surface area (Å²) in [5.74, 6) is 1.94. The third-order valence-electron chi connectivity index (χ3n) is 5.91. The van der Waals surface area contributed by atoms with Crippen LogP contribution in [0.2, 0.25) is 0 Å². The molecule has 3 aromatic rings. The normalized spacial score (nSPS) is 24.7. The number of aromatic nitrogens is 3. The van der Waals surface area contributed by atoms with E-state index >= 15 is 0 Å². The number of rotatable bonds is 3. The molecule has 0 aromatic carbocycles. The summed E-state index contributed by atoms with van der Waals surface area (Å²) in [5.41, 5.74) is 2.39. The van der Waals surface area contributed by atoms with E-state index in [0.29, 0.717) is 17.9 Å². The molecule has 0 N–H and O–H groups in total. The predicted molar refractivity (Wildman–Crippen MR) is 105 cm³/mol. The summed E-state index contributed by atoms with van der Waals surface area (Å²) in [4.78, 5) is 24.1. The number of pyridine rings is 1. The Bertz CT molecular complexity index is 1010. The van der Waals surface area contributed by atoms with Gasteiger partial charge in [-0.25, -0.2) is 9.97 Å². The van der Waals surface area contributed by atoms with E-state index in [1.807, 2.05) is 6.07 Å². The van der Waals surface area contributed by atoms with Crippen LogP contribution in [0.15, 0.2) is 40.8 Å². The number of nitrogens with zero attached hydrogens (tertiary/aromatic N) is 4. The lowest BCUT2D eigenvalue weighted by molar-refractivity contribution is 0.201.